The van der Waals surface area contributed by atoms with Crippen molar-refractivity contribution in [3.63, 3.8) is 0 Å². The molecule has 2 aliphatic heterocycles. The minimum absolute atomic E-state index is 0.00687. The summed E-state index contributed by atoms with van der Waals surface area (Å²) in [7, 11) is -4.04. The van der Waals surface area contributed by atoms with E-state index in [0.717, 1.165) is 19.6 Å². The molecule has 0 aliphatic carbocycles. The van der Waals surface area contributed by atoms with Crippen molar-refractivity contribution in [3.05, 3.63) is 83.7 Å². The van der Waals surface area contributed by atoms with Crippen molar-refractivity contribution < 1.29 is 28.0 Å². The van der Waals surface area contributed by atoms with Gasteiger partial charge in [-0.1, -0.05) is 48.5 Å². The number of rotatable bonds is 6. The summed E-state index contributed by atoms with van der Waals surface area (Å²) in [5.41, 5.74) is 1.16. The fourth-order valence-corrected chi connectivity index (χ4v) is 5.14. The third-order valence-electron chi connectivity index (χ3n) is 5.50. The summed E-state index contributed by atoms with van der Waals surface area (Å²) in [6.45, 7) is 0.148. The smallest absolute Gasteiger partial charge is 0.345 e. The molecule has 0 radical (unpaired) electrons. The molecule has 10 nitrogen and oxygen atoms in total. The second kappa shape index (κ2) is 7.46. The van der Waals surface area contributed by atoms with E-state index in [9.17, 15) is 23.1 Å². The molecule has 2 aliphatic rings. The van der Waals surface area contributed by atoms with E-state index >= 15 is 0 Å². The van der Waals surface area contributed by atoms with Crippen LogP contribution in [0.25, 0.3) is 0 Å². The van der Waals surface area contributed by atoms with Gasteiger partial charge in [0.05, 0.1) is 11.4 Å². The number of fused-ring (bicyclic) bond motifs is 4. The lowest BCUT2D eigenvalue weighted by Gasteiger charge is -2.26. The van der Waals surface area contributed by atoms with Gasteiger partial charge in [-0.05, 0) is 17.7 Å². The monoisotopic (exact) mass is 454 g/mol. The highest BCUT2D eigenvalue weighted by molar-refractivity contribution is 7.89. The highest BCUT2D eigenvalue weighted by Crippen LogP contribution is 2.44. The van der Waals surface area contributed by atoms with Crippen molar-refractivity contribution in [2.24, 2.45) is 0 Å². The molecule has 2 amide bonds. The Morgan fingerprint density at radius 3 is 2.41 bits per heavy atom. The molecule has 2 atom stereocenters. The summed E-state index contributed by atoms with van der Waals surface area (Å²) >= 11 is 0. The van der Waals surface area contributed by atoms with Gasteiger partial charge in [-0.3, -0.25) is 4.84 Å². The van der Waals surface area contributed by atoms with Crippen LogP contribution in [-0.4, -0.2) is 51.2 Å². The number of hydrogen-bond acceptors (Lipinski definition) is 6. The van der Waals surface area contributed by atoms with Crippen LogP contribution in [0, 0.1) is 0 Å². The number of aliphatic carboxylic acids is 1. The van der Waals surface area contributed by atoms with Crippen molar-refractivity contribution in [3.8, 4) is 0 Å². The molecular weight excluding hydrogens is 436 g/mol. The zero-order chi connectivity index (χ0) is 22.5. The molecule has 11 heteroatoms. The fourth-order valence-electron chi connectivity index (χ4n) is 3.97. The van der Waals surface area contributed by atoms with Gasteiger partial charge in [0.15, 0.2) is 6.04 Å². The van der Waals surface area contributed by atoms with E-state index in [1.54, 1.807) is 18.2 Å². The lowest BCUT2D eigenvalue weighted by Crippen LogP contribution is -2.38. The number of hydroxylamine groups is 2. The molecule has 1 fully saturated rings. The summed E-state index contributed by atoms with van der Waals surface area (Å²) in [6, 6.07) is 14.2. The maximum absolute atomic E-state index is 13.0. The lowest BCUT2D eigenvalue weighted by atomic mass is 9.98. The van der Waals surface area contributed by atoms with Gasteiger partial charge in [-0.25, -0.2) is 9.59 Å². The highest BCUT2D eigenvalue weighted by Gasteiger charge is 2.53. The Balaban J connectivity index is 1.53. The largest absolute Gasteiger partial charge is 0.479 e. The number of aromatic nitrogens is 2. The Bertz CT molecular complexity index is 1290. The number of nitrogens with zero attached hydrogens (tertiary/aromatic N) is 4. The summed E-state index contributed by atoms with van der Waals surface area (Å²) < 4.78 is 26.8. The van der Waals surface area contributed by atoms with Gasteiger partial charge in [-0.15, -0.1) is 0 Å². The number of hydrogen-bond donors (Lipinski definition) is 1. The second-order valence-corrected chi connectivity index (χ2v) is 9.23. The molecule has 3 heterocycles. The Hall–Kier alpha value is -3.70. The van der Waals surface area contributed by atoms with Crippen LogP contribution in [0.1, 0.15) is 28.9 Å². The number of benzene rings is 2. The predicted octanol–water partition coefficient (Wildman–Crippen LogP) is 2.17. The summed E-state index contributed by atoms with van der Waals surface area (Å²) in [5.74, 6) is -1.30. The molecule has 2 unspecified atom stereocenters. The van der Waals surface area contributed by atoms with Crippen LogP contribution in [0.15, 0.2) is 71.8 Å². The topological polar surface area (TPSA) is 122 Å². The number of carbonyl (C=O) groups is 2. The van der Waals surface area contributed by atoms with Gasteiger partial charge in [0, 0.05) is 11.8 Å². The highest BCUT2D eigenvalue weighted by atomic mass is 32.2. The number of urea groups is 1. The van der Waals surface area contributed by atoms with Gasteiger partial charge in [0.2, 0.25) is 0 Å². The third kappa shape index (κ3) is 3.13. The van der Waals surface area contributed by atoms with Gasteiger partial charge < -0.3 is 10.0 Å². The first-order valence-corrected chi connectivity index (χ1v) is 11.2. The van der Waals surface area contributed by atoms with Crippen LogP contribution in [-0.2, 0) is 26.3 Å². The summed E-state index contributed by atoms with van der Waals surface area (Å²) in [5, 5.41) is 15.0. The molecule has 0 spiro atoms. The zero-order valence-electron chi connectivity index (χ0n) is 16.6. The SMILES string of the molecule is O=C(O)C1c2nn(S(=O)(=O)c3ccccc3)cc2C2CN1C(=O)N2OCc1ccccc1. The number of carboxylic acid groups (broad SMARTS) is 1. The molecule has 164 valence electrons. The molecule has 2 aromatic carbocycles. The predicted molar refractivity (Wildman–Crippen MR) is 110 cm³/mol. The van der Waals surface area contributed by atoms with Crippen LogP contribution in [0.5, 0.6) is 0 Å². The summed E-state index contributed by atoms with van der Waals surface area (Å²) in [6.07, 6.45) is 1.27. The van der Waals surface area contributed by atoms with Gasteiger partial charge in [0.1, 0.15) is 18.3 Å². The molecule has 32 heavy (non-hydrogen) atoms. The maximum Gasteiger partial charge on any atom is 0.345 e. The second-order valence-electron chi connectivity index (χ2n) is 7.44. The number of amides is 2. The molecule has 0 saturated carbocycles. The standard InChI is InChI=1S/C21H18N4O6S/c26-20(27)19-18-16(11-24(22-18)32(29,30)15-9-5-2-6-10-15)17-12-23(19)21(28)25(17)31-13-14-7-3-1-4-8-14/h1-11,17,19H,12-13H2,(H,26,27). The van der Waals surface area contributed by atoms with Gasteiger partial charge in [-0.2, -0.15) is 22.7 Å². The number of carbonyl (C=O) groups excluding carboxylic acids is 1. The third-order valence-corrected chi connectivity index (χ3v) is 7.05. The first-order chi connectivity index (χ1) is 15.4. The van der Waals surface area contributed by atoms with Crippen molar-refractivity contribution >= 4 is 22.0 Å². The van der Waals surface area contributed by atoms with Crippen molar-refractivity contribution in [1.29, 1.82) is 0 Å². The zero-order valence-corrected chi connectivity index (χ0v) is 17.4. The molecule has 1 saturated heterocycles. The van der Waals surface area contributed by atoms with Gasteiger partial charge >= 0.3 is 12.0 Å². The Morgan fingerprint density at radius 1 is 1.09 bits per heavy atom. The summed E-state index contributed by atoms with van der Waals surface area (Å²) in [4.78, 5) is 31.8. The first kappa shape index (κ1) is 20.2. The molecule has 1 aromatic heterocycles. The Kier molecular flexibility index (Phi) is 4.72. The van der Waals surface area contributed by atoms with Crippen LogP contribution in [0.4, 0.5) is 4.79 Å². The van der Waals surface area contributed by atoms with E-state index in [4.69, 9.17) is 4.84 Å². The molecule has 5 rings (SSSR count). The first-order valence-electron chi connectivity index (χ1n) is 9.77. The molecule has 3 aromatic rings. The molecule has 1 N–H and O–H groups in total. The van der Waals surface area contributed by atoms with Crippen LogP contribution >= 0.6 is 0 Å². The van der Waals surface area contributed by atoms with Crippen molar-refractivity contribution in [1.82, 2.24) is 19.1 Å². The average molecular weight is 454 g/mol. The van der Waals surface area contributed by atoms with Crippen molar-refractivity contribution in [2.45, 2.75) is 23.6 Å². The lowest BCUT2D eigenvalue weighted by molar-refractivity contribution is -0.143. The van der Waals surface area contributed by atoms with E-state index in [0.29, 0.717) is 5.56 Å². The van der Waals surface area contributed by atoms with Crippen molar-refractivity contribution in [2.75, 3.05) is 6.54 Å². The van der Waals surface area contributed by atoms with Gasteiger partial charge in [0.25, 0.3) is 10.0 Å². The molecular formula is C21H18N4O6S. The minimum atomic E-state index is -4.04. The van der Waals surface area contributed by atoms with E-state index in [1.165, 1.54) is 18.3 Å². The van der Waals surface area contributed by atoms with Crippen LogP contribution in [0.3, 0.4) is 0 Å². The van der Waals surface area contributed by atoms with Crippen LogP contribution in [0.2, 0.25) is 0 Å². The average Bonchev–Trinajstić information content (AvgIpc) is 3.36. The van der Waals surface area contributed by atoms with E-state index in [2.05, 4.69) is 5.10 Å². The molecule has 2 bridgehead atoms. The Labute approximate surface area is 183 Å². The maximum atomic E-state index is 13.0. The van der Waals surface area contributed by atoms with Crippen LogP contribution < -0.4 is 0 Å². The normalized spacial score (nSPS) is 19.8. The fraction of sp³-hybridized carbons (Fsp3) is 0.190. The number of carboxylic acids is 1. The van der Waals surface area contributed by atoms with E-state index < -0.39 is 34.1 Å². The quantitative estimate of drug-likeness (QED) is 0.606. The van der Waals surface area contributed by atoms with E-state index in [-0.39, 0.29) is 23.7 Å². The Morgan fingerprint density at radius 2 is 1.75 bits per heavy atom. The minimum Gasteiger partial charge on any atom is -0.479 e. The van der Waals surface area contributed by atoms with E-state index in [1.807, 2.05) is 30.3 Å².